The lowest BCUT2D eigenvalue weighted by Crippen LogP contribution is -2.14. The van der Waals surface area contributed by atoms with Crippen molar-refractivity contribution in [3.8, 4) is 11.8 Å². The molecular weight excluding hydrogens is 284 g/mol. The lowest BCUT2D eigenvalue weighted by molar-refractivity contribution is 0.100. The molecule has 0 saturated carbocycles. The van der Waals surface area contributed by atoms with Crippen LogP contribution in [0.4, 0.5) is 5.69 Å². The van der Waals surface area contributed by atoms with Crippen LogP contribution in [0.5, 0.6) is 11.8 Å². The molecule has 0 aliphatic heterocycles. The second-order valence-corrected chi connectivity index (χ2v) is 4.50. The number of carbonyl (C=O) groups is 2. The van der Waals surface area contributed by atoms with E-state index in [2.05, 4.69) is 10.3 Å². The summed E-state index contributed by atoms with van der Waals surface area (Å²) in [4.78, 5) is 27.7. The highest BCUT2D eigenvalue weighted by Gasteiger charge is 2.15. The first-order valence-electron chi connectivity index (χ1n) is 6.56. The van der Waals surface area contributed by atoms with Gasteiger partial charge in [0.1, 0.15) is 5.56 Å². The van der Waals surface area contributed by atoms with Crippen molar-refractivity contribution < 1.29 is 19.1 Å². The van der Waals surface area contributed by atoms with Crippen LogP contribution in [0, 0.1) is 0 Å². The Morgan fingerprint density at radius 3 is 2.50 bits per heavy atom. The highest BCUT2D eigenvalue weighted by atomic mass is 16.5. The van der Waals surface area contributed by atoms with E-state index in [0.29, 0.717) is 17.1 Å². The predicted octanol–water partition coefficient (Wildman–Crippen LogP) is 2.55. The molecule has 0 aliphatic rings. The summed E-state index contributed by atoms with van der Waals surface area (Å²) in [5, 5.41) is 2.71. The number of Topliss-reactive ketones (excluding diaryl/α,β-unsaturated/α-hetero) is 1. The van der Waals surface area contributed by atoms with E-state index in [1.54, 1.807) is 36.4 Å². The van der Waals surface area contributed by atoms with Gasteiger partial charge in [0.15, 0.2) is 5.78 Å². The maximum atomic E-state index is 12.3. The fourth-order valence-electron chi connectivity index (χ4n) is 1.88. The summed E-state index contributed by atoms with van der Waals surface area (Å²) in [6.07, 6.45) is 0. The van der Waals surface area contributed by atoms with E-state index in [9.17, 15) is 9.59 Å². The second kappa shape index (κ2) is 6.71. The number of rotatable bonds is 5. The largest absolute Gasteiger partial charge is 0.481 e. The minimum absolute atomic E-state index is 0.0696. The zero-order valence-electron chi connectivity index (χ0n) is 12.5. The number of ketones is 1. The summed E-state index contributed by atoms with van der Waals surface area (Å²) in [5.74, 6) is 0.0686. The minimum atomic E-state index is -0.382. The van der Waals surface area contributed by atoms with Gasteiger partial charge in [0, 0.05) is 17.3 Å². The summed E-state index contributed by atoms with van der Waals surface area (Å²) < 4.78 is 10.1. The Hall–Kier alpha value is -2.89. The summed E-state index contributed by atoms with van der Waals surface area (Å²) >= 11 is 0. The van der Waals surface area contributed by atoms with E-state index in [4.69, 9.17) is 9.47 Å². The van der Waals surface area contributed by atoms with Crippen LogP contribution in [0.3, 0.4) is 0 Å². The van der Waals surface area contributed by atoms with E-state index in [0.717, 1.165) is 0 Å². The number of methoxy groups -OCH3 is 2. The van der Waals surface area contributed by atoms with Gasteiger partial charge in [-0.3, -0.25) is 9.59 Å². The molecule has 0 saturated heterocycles. The summed E-state index contributed by atoms with van der Waals surface area (Å²) in [7, 11) is 2.91. The zero-order chi connectivity index (χ0) is 16.1. The van der Waals surface area contributed by atoms with Crippen LogP contribution >= 0.6 is 0 Å². The third kappa shape index (κ3) is 3.41. The highest BCUT2D eigenvalue weighted by molar-refractivity contribution is 6.06. The molecule has 0 unspecified atom stereocenters. The molecule has 1 amide bonds. The quantitative estimate of drug-likeness (QED) is 0.859. The number of anilines is 1. The van der Waals surface area contributed by atoms with Gasteiger partial charge in [-0.05, 0) is 25.1 Å². The Kier molecular flexibility index (Phi) is 4.73. The molecule has 1 N–H and O–H groups in total. The number of pyridine rings is 1. The molecule has 2 rings (SSSR count). The van der Waals surface area contributed by atoms with Crippen molar-refractivity contribution in [2.75, 3.05) is 19.5 Å². The van der Waals surface area contributed by atoms with Crippen molar-refractivity contribution in [2.24, 2.45) is 0 Å². The number of hydrogen-bond acceptors (Lipinski definition) is 5. The van der Waals surface area contributed by atoms with Gasteiger partial charge in [0.25, 0.3) is 5.91 Å². The fraction of sp³-hybridized carbons (Fsp3) is 0.188. The van der Waals surface area contributed by atoms with Gasteiger partial charge < -0.3 is 14.8 Å². The lowest BCUT2D eigenvalue weighted by Gasteiger charge is -2.10. The summed E-state index contributed by atoms with van der Waals surface area (Å²) in [5.41, 5.74) is 1.32. The third-order valence-corrected chi connectivity index (χ3v) is 3.01. The van der Waals surface area contributed by atoms with Gasteiger partial charge in [-0.25, -0.2) is 0 Å². The van der Waals surface area contributed by atoms with Crippen molar-refractivity contribution in [3.63, 3.8) is 0 Å². The molecular formula is C16H16N2O4. The molecule has 0 radical (unpaired) electrons. The molecule has 1 aromatic carbocycles. The number of amides is 1. The van der Waals surface area contributed by atoms with E-state index in [1.165, 1.54) is 21.1 Å². The van der Waals surface area contributed by atoms with E-state index >= 15 is 0 Å². The average molecular weight is 300 g/mol. The predicted molar refractivity (Wildman–Crippen MR) is 81.7 cm³/mol. The van der Waals surface area contributed by atoms with Crippen LogP contribution < -0.4 is 14.8 Å². The number of carbonyl (C=O) groups excluding carboxylic acids is 2. The van der Waals surface area contributed by atoms with Gasteiger partial charge >= 0.3 is 0 Å². The van der Waals surface area contributed by atoms with Crippen LogP contribution in [0.2, 0.25) is 0 Å². The lowest BCUT2D eigenvalue weighted by atomic mass is 10.1. The molecule has 0 fully saturated rings. The zero-order valence-corrected chi connectivity index (χ0v) is 12.5. The van der Waals surface area contributed by atoms with Crippen LogP contribution in [0.25, 0.3) is 0 Å². The van der Waals surface area contributed by atoms with Crippen molar-refractivity contribution in [1.29, 1.82) is 0 Å². The normalized spacial score (nSPS) is 9.95. The SMILES string of the molecule is COc1ccc(C(=O)Nc2cccc(C(C)=O)c2)c(OC)n1. The number of aromatic nitrogens is 1. The van der Waals surface area contributed by atoms with Crippen molar-refractivity contribution in [2.45, 2.75) is 6.92 Å². The van der Waals surface area contributed by atoms with Crippen LogP contribution in [0.1, 0.15) is 27.6 Å². The van der Waals surface area contributed by atoms with E-state index < -0.39 is 0 Å². The molecule has 2 aromatic rings. The number of benzene rings is 1. The Bertz CT molecular complexity index is 713. The first-order chi connectivity index (χ1) is 10.5. The molecule has 0 atom stereocenters. The van der Waals surface area contributed by atoms with Crippen molar-refractivity contribution in [3.05, 3.63) is 47.5 Å². The van der Waals surface area contributed by atoms with Gasteiger partial charge in [-0.15, -0.1) is 0 Å². The van der Waals surface area contributed by atoms with E-state index in [1.807, 2.05) is 0 Å². The van der Waals surface area contributed by atoms with Crippen LogP contribution in [-0.2, 0) is 0 Å². The molecule has 0 bridgehead atoms. The Labute approximate surface area is 128 Å². The summed E-state index contributed by atoms with van der Waals surface area (Å²) in [6, 6.07) is 9.85. The van der Waals surface area contributed by atoms with Crippen LogP contribution in [-0.4, -0.2) is 30.9 Å². The molecule has 1 heterocycles. The van der Waals surface area contributed by atoms with Gasteiger partial charge in [0.05, 0.1) is 14.2 Å². The molecule has 114 valence electrons. The minimum Gasteiger partial charge on any atom is -0.481 e. The maximum Gasteiger partial charge on any atom is 0.261 e. The molecule has 0 spiro atoms. The number of nitrogens with zero attached hydrogens (tertiary/aromatic N) is 1. The fourth-order valence-corrected chi connectivity index (χ4v) is 1.88. The topological polar surface area (TPSA) is 77.5 Å². The molecule has 1 aromatic heterocycles. The smallest absolute Gasteiger partial charge is 0.261 e. The standard InChI is InChI=1S/C16H16N2O4/c1-10(19)11-5-4-6-12(9-11)17-15(20)13-7-8-14(21-2)18-16(13)22-3/h4-9H,1-3H3,(H,17,20). The number of nitrogens with one attached hydrogen (secondary N) is 1. The molecule has 6 heteroatoms. The Morgan fingerprint density at radius 1 is 1.09 bits per heavy atom. The maximum absolute atomic E-state index is 12.3. The highest BCUT2D eigenvalue weighted by Crippen LogP contribution is 2.21. The monoisotopic (exact) mass is 300 g/mol. The third-order valence-electron chi connectivity index (χ3n) is 3.01. The average Bonchev–Trinajstić information content (AvgIpc) is 2.54. The first-order valence-corrected chi connectivity index (χ1v) is 6.56. The number of ether oxygens (including phenoxy) is 2. The molecule has 6 nitrogen and oxygen atoms in total. The molecule has 22 heavy (non-hydrogen) atoms. The number of hydrogen-bond donors (Lipinski definition) is 1. The van der Waals surface area contributed by atoms with Crippen molar-refractivity contribution >= 4 is 17.4 Å². The van der Waals surface area contributed by atoms with Gasteiger partial charge in [-0.1, -0.05) is 12.1 Å². The molecule has 0 aliphatic carbocycles. The second-order valence-electron chi connectivity index (χ2n) is 4.50. The Morgan fingerprint density at radius 2 is 1.86 bits per heavy atom. The van der Waals surface area contributed by atoms with E-state index in [-0.39, 0.29) is 23.1 Å². The van der Waals surface area contributed by atoms with Gasteiger partial charge in [0.2, 0.25) is 11.8 Å². The summed E-state index contributed by atoms with van der Waals surface area (Å²) in [6.45, 7) is 1.47. The van der Waals surface area contributed by atoms with Crippen LogP contribution in [0.15, 0.2) is 36.4 Å². The first kappa shape index (κ1) is 15.5. The Balaban J connectivity index is 2.25. The van der Waals surface area contributed by atoms with Crippen molar-refractivity contribution in [1.82, 2.24) is 4.98 Å². The van der Waals surface area contributed by atoms with Gasteiger partial charge in [-0.2, -0.15) is 4.98 Å².